The first-order chi connectivity index (χ1) is 15.1. The quantitative estimate of drug-likeness (QED) is 0.716. The zero-order chi connectivity index (χ0) is 21.6. The third kappa shape index (κ3) is 5.43. The number of nitrogens with zero attached hydrogens (tertiary/aromatic N) is 2. The van der Waals surface area contributed by atoms with E-state index in [1.54, 1.807) is 0 Å². The molecule has 2 heterocycles. The van der Waals surface area contributed by atoms with Crippen molar-refractivity contribution >= 4 is 11.8 Å². The Bertz CT molecular complexity index is 909. The summed E-state index contributed by atoms with van der Waals surface area (Å²) in [7, 11) is 0. The minimum absolute atomic E-state index is 0.0684. The first-order valence-electron chi connectivity index (χ1n) is 11.2. The van der Waals surface area contributed by atoms with Crippen LogP contribution < -0.4 is 4.74 Å². The average Bonchev–Trinajstić information content (AvgIpc) is 2.83. The number of piperidine rings is 2. The first-order valence-corrected chi connectivity index (χ1v) is 11.2. The predicted octanol–water partition coefficient (Wildman–Crippen LogP) is 4.38. The Balaban J connectivity index is 1.33. The van der Waals surface area contributed by atoms with Crippen molar-refractivity contribution in [3.05, 3.63) is 65.5 Å². The Hall–Kier alpha value is -2.89. The van der Waals surface area contributed by atoms with Crippen LogP contribution in [0, 0.1) is 11.7 Å². The highest BCUT2D eigenvalue weighted by Gasteiger charge is 2.25. The van der Waals surface area contributed by atoms with Crippen molar-refractivity contribution in [2.45, 2.75) is 32.1 Å². The molecule has 0 N–H and O–H groups in total. The number of benzene rings is 2. The Morgan fingerprint density at radius 3 is 2.35 bits per heavy atom. The highest BCUT2D eigenvalue weighted by Crippen LogP contribution is 2.22. The lowest BCUT2D eigenvalue weighted by atomic mass is 9.98. The number of amides is 2. The van der Waals surface area contributed by atoms with Gasteiger partial charge in [-0.15, -0.1) is 0 Å². The fraction of sp³-hybridized carbons (Fsp3) is 0.440. The SMILES string of the molecule is O=C(c1cccc(OC[C@@H]2CCCN(C(=O)c3ccc(F)cc3)C2)c1)N1CCCCC1. The molecule has 2 aromatic rings. The van der Waals surface area contributed by atoms with Gasteiger partial charge in [-0.3, -0.25) is 9.59 Å². The zero-order valence-corrected chi connectivity index (χ0v) is 17.8. The van der Waals surface area contributed by atoms with Gasteiger partial charge in [-0.05, 0) is 74.6 Å². The standard InChI is InChI=1S/C25H29FN2O3/c26-22-11-9-20(10-12-22)24(29)28-15-5-6-19(17-28)18-31-23-8-4-7-21(16-23)25(30)27-13-2-1-3-14-27/h4,7-12,16,19H,1-3,5-6,13-15,17-18H2/t19-/m1/s1. The maximum absolute atomic E-state index is 13.1. The molecular weight excluding hydrogens is 395 g/mol. The van der Waals surface area contributed by atoms with Gasteiger partial charge in [0.2, 0.25) is 0 Å². The molecule has 0 unspecified atom stereocenters. The van der Waals surface area contributed by atoms with Crippen molar-refractivity contribution in [1.29, 1.82) is 0 Å². The largest absolute Gasteiger partial charge is 0.493 e. The second-order valence-electron chi connectivity index (χ2n) is 8.46. The first kappa shape index (κ1) is 21.3. The van der Waals surface area contributed by atoms with Gasteiger partial charge in [0.25, 0.3) is 11.8 Å². The summed E-state index contributed by atoms with van der Waals surface area (Å²) < 4.78 is 19.1. The third-order valence-electron chi connectivity index (χ3n) is 6.11. The van der Waals surface area contributed by atoms with Crippen molar-refractivity contribution in [3.63, 3.8) is 0 Å². The maximum Gasteiger partial charge on any atom is 0.253 e. The third-order valence-corrected chi connectivity index (χ3v) is 6.11. The molecule has 4 rings (SSSR count). The minimum atomic E-state index is -0.345. The number of hydrogen-bond donors (Lipinski definition) is 0. The number of ether oxygens (including phenoxy) is 1. The fourth-order valence-electron chi connectivity index (χ4n) is 4.37. The molecule has 2 saturated heterocycles. The van der Waals surface area contributed by atoms with Gasteiger partial charge in [0.05, 0.1) is 6.61 Å². The molecule has 31 heavy (non-hydrogen) atoms. The van der Waals surface area contributed by atoms with Crippen LogP contribution in [0.5, 0.6) is 5.75 Å². The highest BCUT2D eigenvalue weighted by atomic mass is 19.1. The van der Waals surface area contributed by atoms with Gasteiger partial charge in [0.1, 0.15) is 11.6 Å². The van der Waals surface area contributed by atoms with E-state index in [0.29, 0.717) is 36.6 Å². The number of carbonyl (C=O) groups is 2. The fourth-order valence-corrected chi connectivity index (χ4v) is 4.37. The van der Waals surface area contributed by atoms with Crippen molar-refractivity contribution in [2.24, 2.45) is 5.92 Å². The number of carbonyl (C=O) groups excluding carboxylic acids is 2. The van der Waals surface area contributed by atoms with Crippen LogP contribution in [-0.2, 0) is 0 Å². The van der Waals surface area contributed by atoms with E-state index < -0.39 is 0 Å². The summed E-state index contributed by atoms with van der Waals surface area (Å²) in [5.41, 5.74) is 1.17. The van der Waals surface area contributed by atoms with Crippen molar-refractivity contribution in [2.75, 3.05) is 32.8 Å². The average molecular weight is 425 g/mol. The maximum atomic E-state index is 13.1. The van der Waals surface area contributed by atoms with E-state index in [4.69, 9.17) is 4.74 Å². The summed E-state index contributed by atoms with van der Waals surface area (Å²) in [6.45, 7) is 3.46. The van der Waals surface area contributed by atoms with Crippen LogP contribution in [0.15, 0.2) is 48.5 Å². The van der Waals surface area contributed by atoms with Crippen LogP contribution in [0.3, 0.4) is 0 Å². The minimum Gasteiger partial charge on any atom is -0.493 e. The second kappa shape index (κ2) is 9.94. The summed E-state index contributed by atoms with van der Waals surface area (Å²) in [4.78, 5) is 29.2. The Morgan fingerprint density at radius 2 is 1.58 bits per heavy atom. The molecule has 164 valence electrons. The smallest absolute Gasteiger partial charge is 0.253 e. The lowest BCUT2D eigenvalue weighted by Crippen LogP contribution is -2.41. The van der Waals surface area contributed by atoms with E-state index in [1.165, 1.54) is 30.7 Å². The molecule has 0 saturated carbocycles. The second-order valence-corrected chi connectivity index (χ2v) is 8.46. The van der Waals surface area contributed by atoms with Gasteiger partial charge >= 0.3 is 0 Å². The van der Waals surface area contributed by atoms with E-state index in [9.17, 15) is 14.0 Å². The van der Waals surface area contributed by atoms with Crippen LogP contribution in [0.4, 0.5) is 4.39 Å². The summed E-state index contributed by atoms with van der Waals surface area (Å²) in [5, 5.41) is 0. The molecule has 2 aliphatic heterocycles. The zero-order valence-electron chi connectivity index (χ0n) is 17.8. The Morgan fingerprint density at radius 1 is 0.871 bits per heavy atom. The molecule has 0 spiro atoms. The van der Waals surface area contributed by atoms with Gasteiger partial charge in [-0.25, -0.2) is 4.39 Å². The molecule has 0 aromatic heterocycles. The molecule has 6 heteroatoms. The molecule has 2 fully saturated rings. The van der Waals surface area contributed by atoms with Crippen LogP contribution in [0.2, 0.25) is 0 Å². The summed E-state index contributed by atoms with van der Waals surface area (Å²) >= 11 is 0. The normalized spacial score (nSPS) is 19.2. The van der Waals surface area contributed by atoms with Crippen molar-refractivity contribution in [1.82, 2.24) is 9.80 Å². The van der Waals surface area contributed by atoms with E-state index in [1.807, 2.05) is 34.1 Å². The van der Waals surface area contributed by atoms with Gasteiger partial charge in [0.15, 0.2) is 0 Å². The van der Waals surface area contributed by atoms with E-state index in [2.05, 4.69) is 0 Å². The molecule has 0 radical (unpaired) electrons. The number of likely N-dealkylation sites (tertiary alicyclic amines) is 2. The van der Waals surface area contributed by atoms with Gasteiger partial charge in [0, 0.05) is 43.2 Å². The van der Waals surface area contributed by atoms with Crippen molar-refractivity contribution < 1.29 is 18.7 Å². The van der Waals surface area contributed by atoms with Crippen LogP contribution >= 0.6 is 0 Å². The molecule has 2 aliphatic rings. The molecule has 2 aromatic carbocycles. The molecule has 1 atom stereocenters. The molecular formula is C25H29FN2O3. The molecule has 5 nitrogen and oxygen atoms in total. The Kier molecular flexibility index (Phi) is 6.85. The molecule has 0 aliphatic carbocycles. The topological polar surface area (TPSA) is 49.9 Å². The lowest BCUT2D eigenvalue weighted by molar-refractivity contribution is 0.0631. The lowest BCUT2D eigenvalue weighted by Gasteiger charge is -2.32. The van der Waals surface area contributed by atoms with Crippen molar-refractivity contribution in [3.8, 4) is 5.75 Å². The van der Waals surface area contributed by atoms with Gasteiger partial charge < -0.3 is 14.5 Å². The van der Waals surface area contributed by atoms with Crippen LogP contribution in [0.1, 0.15) is 52.8 Å². The number of hydrogen-bond acceptors (Lipinski definition) is 3. The van der Waals surface area contributed by atoms with Gasteiger partial charge in [-0.2, -0.15) is 0 Å². The summed E-state index contributed by atoms with van der Waals surface area (Å²) in [6, 6.07) is 13.1. The Labute approximate surface area is 182 Å². The summed E-state index contributed by atoms with van der Waals surface area (Å²) in [6.07, 6.45) is 5.22. The van der Waals surface area contributed by atoms with Crippen LogP contribution in [-0.4, -0.2) is 54.4 Å². The van der Waals surface area contributed by atoms with E-state index >= 15 is 0 Å². The highest BCUT2D eigenvalue weighted by molar-refractivity contribution is 5.95. The van der Waals surface area contributed by atoms with Crippen LogP contribution in [0.25, 0.3) is 0 Å². The number of halogens is 1. The number of rotatable bonds is 5. The monoisotopic (exact) mass is 424 g/mol. The predicted molar refractivity (Wildman–Crippen MR) is 117 cm³/mol. The molecule has 0 bridgehead atoms. The van der Waals surface area contributed by atoms with E-state index in [0.717, 1.165) is 38.8 Å². The van der Waals surface area contributed by atoms with Gasteiger partial charge in [-0.1, -0.05) is 6.07 Å². The molecule has 2 amide bonds. The van der Waals surface area contributed by atoms with E-state index in [-0.39, 0.29) is 23.5 Å². The summed E-state index contributed by atoms with van der Waals surface area (Å²) in [5.74, 6) is 0.560.